The van der Waals surface area contributed by atoms with Crippen LogP contribution in [0.5, 0.6) is 5.75 Å². The number of H-pyrrole nitrogens is 2. The summed E-state index contributed by atoms with van der Waals surface area (Å²) in [6.07, 6.45) is 4.96. The number of benzene rings is 1. The zero-order chi connectivity index (χ0) is 15.4. The van der Waals surface area contributed by atoms with E-state index in [2.05, 4.69) is 28.7 Å². The molecular weight excluding hydrogens is 276 g/mol. The van der Waals surface area contributed by atoms with Crippen LogP contribution in [0.4, 0.5) is 0 Å². The first-order valence-corrected chi connectivity index (χ1v) is 6.98. The first-order chi connectivity index (χ1) is 10.8. The molecule has 0 saturated carbocycles. The number of esters is 1. The second-order valence-electron chi connectivity index (χ2n) is 4.88. The van der Waals surface area contributed by atoms with Gasteiger partial charge in [-0.25, -0.2) is 4.79 Å². The highest BCUT2D eigenvalue weighted by Gasteiger charge is 2.18. The lowest BCUT2D eigenvalue weighted by Gasteiger charge is -2.15. The zero-order valence-corrected chi connectivity index (χ0v) is 12.0. The third-order valence-corrected chi connectivity index (χ3v) is 3.46. The average Bonchev–Trinajstić information content (AvgIpc) is 3.23. The van der Waals surface area contributed by atoms with Gasteiger partial charge in [0.25, 0.3) is 0 Å². The largest absolute Gasteiger partial charge is 0.423 e. The van der Waals surface area contributed by atoms with Crippen LogP contribution in [0.15, 0.2) is 73.6 Å². The number of hydrogen-bond donors (Lipinski definition) is 2. The molecular formula is C18H16N2O2. The number of carbonyl (C=O) groups excluding carboxylic acids is 1. The van der Waals surface area contributed by atoms with E-state index in [1.54, 1.807) is 12.1 Å². The van der Waals surface area contributed by atoms with Crippen molar-refractivity contribution in [2.75, 3.05) is 0 Å². The molecule has 0 aliphatic rings. The second kappa shape index (κ2) is 6.18. The number of aromatic nitrogens is 2. The SMILES string of the molecule is C=CC(=O)Oc1ccc(C(c2ccc[nH]2)c2ccc[nH]2)cc1. The highest BCUT2D eigenvalue weighted by molar-refractivity contribution is 5.83. The van der Waals surface area contributed by atoms with Crippen molar-refractivity contribution in [1.82, 2.24) is 9.97 Å². The summed E-state index contributed by atoms with van der Waals surface area (Å²) in [5.41, 5.74) is 3.29. The molecule has 2 N–H and O–H groups in total. The van der Waals surface area contributed by atoms with E-state index in [1.807, 2.05) is 36.7 Å². The molecule has 3 aromatic rings. The van der Waals surface area contributed by atoms with Gasteiger partial charge in [0, 0.05) is 29.9 Å². The summed E-state index contributed by atoms with van der Waals surface area (Å²) in [5.74, 6) is 0.123. The number of aromatic amines is 2. The van der Waals surface area contributed by atoms with Crippen molar-refractivity contribution in [2.24, 2.45) is 0 Å². The van der Waals surface area contributed by atoms with E-state index in [-0.39, 0.29) is 5.92 Å². The number of carbonyl (C=O) groups is 1. The highest BCUT2D eigenvalue weighted by atomic mass is 16.5. The lowest BCUT2D eigenvalue weighted by atomic mass is 9.92. The minimum absolute atomic E-state index is 0.0779. The fraction of sp³-hybridized carbons (Fsp3) is 0.0556. The quantitative estimate of drug-likeness (QED) is 0.429. The summed E-state index contributed by atoms with van der Waals surface area (Å²) in [4.78, 5) is 17.7. The summed E-state index contributed by atoms with van der Waals surface area (Å²) in [6.45, 7) is 3.39. The first kappa shape index (κ1) is 13.9. The van der Waals surface area contributed by atoms with Crippen LogP contribution in [0.2, 0.25) is 0 Å². The topological polar surface area (TPSA) is 57.9 Å². The van der Waals surface area contributed by atoms with Crippen LogP contribution in [0.3, 0.4) is 0 Å². The Morgan fingerprint density at radius 3 is 2.05 bits per heavy atom. The molecule has 2 aromatic heterocycles. The predicted molar refractivity (Wildman–Crippen MR) is 84.8 cm³/mol. The predicted octanol–water partition coefficient (Wildman–Crippen LogP) is 3.61. The summed E-state index contributed by atoms with van der Waals surface area (Å²) in [6, 6.07) is 15.5. The van der Waals surface area contributed by atoms with Gasteiger partial charge >= 0.3 is 5.97 Å². The van der Waals surface area contributed by atoms with E-state index < -0.39 is 5.97 Å². The molecule has 0 saturated heterocycles. The van der Waals surface area contributed by atoms with Crippen LogP contribution in [-0.4, -0.2) is 15.9 Å². The van der Waals surface area contributed by atoms with Crippen LogP contribution in [0.25, 0.3) is 0 Å². The van der Waals surface area contributed by atoms with Crippen molar-refractivity contribution in [1.29, 1.82) is 0 Å². The van der Waals surface area contributed by atoms with Gasteiger partial charge in [0.1, 0.15) is 5.75 Å². The smallest absolute Gasteiger partial charge is 0.335 e. The van der Waals surface area contributed by atoms with Gasteiger partial charge in [-0.05, 0) is 42.0 Å². The lowest BCUT2D eigenvalue weighted by Crippen LogP contribution is -2.06. The van der Waals surface area contributed by atoms with Gasteiger partial charge in [-0.2, -0.15) is 0 Å². The standard InChI is InChI=1S/C18H16N2O2/c1-2-17(21)22-14-9-7-13(8-10-14)18(15-5-3-11-19-15)16-6-4-12-20-16/h2-12,18-20H,1H2. The van der Waals surface area contributed by atoms with Crippen LogP contribution in [-0.2, 0) is 4.79 Å². The maximum Gasteiger partial charge on any atom is 0.335 e. The molecule has 0 aliphatic heterocycles. The monoisotopic (exact) mass is 292 g/mol. The molecule has 0 bridgehead atoms. The Balaban J connectivity index is 1.92. The summed E-state index contributed by atoms with van der Waals surface area (Å²) in [5, 5.41) is 0. The van der Waals surface area contributed by atoms with Gasteiger partial charge in [-0.15, -0.1) is 0 Å². The van der Waals surface area contributed by atoms with Gasteiger partial charge in [0.2, 0.25) is 0 Å². The van der Waals surface area contributed by atoms with Gasteiger partial charge in [0.15, 0.2) is 0 Å². The van der Waals surface area contributed by atoms with Gasteiger partial charge < -0.3 is 14.7 Å². The van der Waals surface area contributed by atoms with Gasteiger partial charge in [0.05, 0.1) is 5.92 Å². The van der Waals surface area contributed by atoms with Crippen LogP contribution >= 0.6 is 0 Å². The average molecular weight is 292 g/mol. The Kier molecular flexibility index (Phi) is 3.92. The Morgan fingerprint density at radius 2 is 1.59 bits per heavy atom. The van der Waals surface area contributed by atoms with E-state index in [0.29, 0.717) is 5.75 Å². The molecule has 1 aromatic carbocycles. The third kappa shape index (κ3) is 2.86. The Hall–Kier alpha value is -3.01. The minimum atomic E-state index is -0.460. The molecule has 0 atom stereocenters. The second-order valence-corrected chi connectivity index (χ2v) is 4.88. The van der Waals surface area contributed by atoms with E-state index in [9.17, 15) is 4.79 Å². The molecule has 2 heterocycles. The number of hydrogen-bond acceptors (Lipinski definition) is 2. The fourth-order valence-corrected chi connectivity index (χ4v) is 2.46. The highest BCUT2D eigenvalue weighted by Crippen LogP contribution is 2.30. The molecule has 22 heavy (non-hydrogen) atoms. The maximum atomic E-state index is 11.2. The number of rotatable bonds is 5. The summed E-state index contributed by atoms with van der Waals surface area (Å²) >= 11 is 0. The Morgan fingerprint density at radius 1 is 1.00 bits per heavy atom. The maximum absolute atomic E-state index is 11.2. The molecule has 0 unspecified atom stereocenters. The van der Waals surface area contributed by atoms with Crippen molar-refractivity contribution >= 4 is 5.97 Å². The van der Waals surface area contributed by atoms with Crippen molar-refractivity contribution < 1.29 is 9.53 Å². The molecule has 4 heteroatoms. The van der Waals surface area contributed by atoms with E-state index in [4.69, 9.17) is 4.74 Å². The fourth-order valence-electron chi connectivity index (χ4n) is 2.46. The molecule has 4 nitrogen and oxygen atoms in total. The van der Waals surface area contributed by atoms with Gasteiger partial charge in [-0.1, -0.05) is 18.7 Å². The van der Waals surface area contributed by atoms with E-state index >= 15 is 0 Å². The molecule has 0 amide bonds. The van der Waals surface area contributed by atoms with Crippen molar-refractivity contribution in [3.63, 3.8) is 0 Å². The first-order valence-electron chi connectivity index (χ1n) is 6.98. The molecule has 0 radical (unpaired) electrons. The molecule has 3 rings (SSSR count). The van der Waals surface area contributed by atoms with Crippen LogP contribution in [0.1, 0.15) is 22.9 Å². The zero-order valence-electron chi connectivity index (χ0n) is 12.0. The Labute approximate surface area is 128 Å². The summed E-state index contributed by atoms with van der Waals surface area (Å²) < 4.78 is 5.11. The molecule has 0 aliphatic carbocycles. The number of ether oxygens (including phenoxy) is 1. The van der Waals surface area contributed by atoms with Crippen molar-refractivity contribution in [2.45, 2.75) is 5.92 Å². The third-order valence-electron chi connectivity index (χ3n) is 3.46. The Bertz CT molecular complexity index is 707. The molecule has 0 fully saturated rings. The number of nitrogens with one attached hydrogen (secondary N) is 2. The molecule has 0 spiro atoms. The van der Waals surface area contributed by atoms with Gasteiger partial charge in [-0.3, -0.25) is 0 Å². The van der Waals surface area contributed by atoms with Crippen molar-refractivity contribution in [3.05, 3.63) is 90.5 Å². The normalized spacial score (nSPS) is 10.6. The van der Waals surface area contributed by atoms with E-state index in [0.717, 1.165) is 23.0 Å². The summed E-state index contributed by atoms with van der Waals surface area (Å²) in [7, 11) is 0. The minimum Gasteiger partial charge on any atom is -0.423 e. The van der Waals surface area contributed by atoms with E-state index in [1.165, 1.54) is 0 Å². The van der Waals surface area contributed by atoms with Crippen molar-refractivity contribution in [3.8, 4) is 5.75 Å². The molecule has 110 valence electrons. The lowest BCUT2D eigenvalue weighted by molar-refractivity contribution is -0.128. The van der Waals surface area contributed by atoms with Crippen LogP contribution < -0.4 is 4.74 Å². The van der Waals surface area contributed by atoms with Crippen LogP contribution in [0, 0.1) is 0 Å².